The Labute approximate surface area is 175 Å². The van der Waals surface area contributed by atoms with Gasteiger partial charge in [-0.15, -0.1) is 0 Å². The summed E-state index contributed by atoms with van der Waals surface area (Å²) in [6, 6.07) is 15.7. The molecular formula is C22H22N2O5S. The Morgan fingerprint density at radius 1 is 1.07 bits per heavy atom. The molecule has 0 N–H and O–H groups in total. The van der Waals surface area contributed by atoms with E-state index in [1.165, 1.54) is 12.1 Å². The molecule has 3 aromatic rings. The normalized spacial score (nSPS) is 15.8. The SMILES string of the molecule is Cc1ccc(-c2noc(COC(=O)C3(S(=O)(=O)c4ccccc4)CCCC3)n2)cc1. The van der Waals surface area contributed by atoms with Gasteiger partial charge < -0.3 is 9.26 Å². The molecule has 0 radical (unpaired) electrons. The number of aryl methyl sites for hydroxylation is 1. The Morgan fingerprint density at radius 2 is 1.73 bits per heavy atom. The molecule has 1 aliphatic carbocycles. The number of hydrogen-bond donors (Lipinski definition) is 0. The molecule has 0 amide bonds. The van der Waals surface area contributed by atoms with Crippen LogP contribution >= 0.6 is 0 Å². The summed E-state index contributed by atoms with van der Waals surface area (Å²) in [5, 5.41) is 3.91. The zero-order chi connectivity index (χ0) is 21.2. The summed E-state index contributed by atoms with van der Waals surface area (Å²) < 4.78 is 35.5. The number of hydrogen-bond acceptors (Lipinski definition) is 7. The van der Waals surface area contributed by atoms with Gasteiger partial charge in [-0.25, -0.2) is 8.42 Å². The summed E-state index contributed by atoms with van der Waals surface area (Å²) in [5.41, 5.74) is 1.89. The van der Waals surface area contributed by atoms with Gasteiger partial charge in [-0.05, 0) is 31.9 Å². The van der Waals surface area contributed by atoms with Crippen LogP contribution in [0.5, 0.6) is 0 Å². The van der Waals surface area contributed by atoms with Crippen LogP contribution in [0.3, 0.4) is 0 Å². The van der Waals surface area contributed by atoms with Crippen LogP contribution in [0.4, 0.5) is 0 Å². The van der Waals surface area contributed by atoms with Crippen molar-refractivity contribution in [2.75, 3.05) is 0 Å². The van der Waals surface area contributed by atoms with Crippen molar-refractivity contribution >= 4 is 15.8 Å². The third-order valence-corrected chi connectivity index (χ3v) is 7.95. The van der Waals surface area contributed by atoms with Gasteiger partial charge in [0.1, 0.15) is 0 Å². The van der Waals surface area contributed by atoms with Gasteiger partial charge in [0.2, 0.25) is 5.82 Å². The lowest BCUT2D eigenvalue weighted by Gasteiger charge is -2.26. The first-order chi connectivity index (χ1) is 14.4. The minimum atomic E-state index is -3.89. The van der Waals surface area contributed by atoms with Crippen molar-refractivity contribution in [2.45, 2.75) is 48.9 Å². The van der Waals surface area contributed by atoms with Crippen LogP contribution in [0.15, 0.2) is 64.0 Å². The number of carbonyl (C=O) groups excluding carboxylic acids is 1. The van der Waals surface area contributed by atoms with Crippen LogP contribution in [0, 0.1) is 6.92 Å². The van der Waals surface area contributed by atoms with Gasteiger partial charge in [0.25, 0.3) is 5.89 Å². The Morgan fingerprint density at radius 3 is 2.40 bits per heavy atom. The Kier molecular flexibility index (Phi) is 5.42. The number of aromatic nitrogens is 2. The molecule has 1 fully saturated rings. The van der Waals surface area contributed by atoms with Crippen molar-refractivity contribution in [1.29, 1.82) is 0 Å². The fourth-order valence-corrected chi connectivity index (χ4v) is 5.82. The first kappa shape index (κ1) is 20.3. The minimum Gasteiger partial charge on any atom is -0.454 e. The summed E-state index contributed by atoms with van der Waals surface area (Å²) in [4.78, 5) is 17.4. The quantitative estimate of drug-likeness (QED) is 0.552. The van der Waals surface area contributed by atoms with Gasteiger partial charge in [-0.2, -0.15) is 4.98 Å². The number of nitrogens with zero attached hydrogens (tertiary/aromatic N) is 2. The number of rotatable bonds is 6. The van der Waals surface area contributed by atoms with Crippen molar-refractivity contribution in [1.82, 2.24) is 10.1 Å². The summed E-state index contributed by atoms with van der Waals surface area (Å²) in [6.45, 7) is 1.71. The third-order valence-electron chi connectivity index (χ3n) is 5.46. The van der Waals surface area contributed by atoms with E-state index in [0.29, 0.717) is 18.7 Å². The predicted octanol–water partition coefficient (Wildman–Crippen LogP) is 3.87. The number of ether oxygens (including phenoxy) is 1. The molecule has 0 bridgehead atoms. The highest BCUT2D eigenvalue weighted by Gasteiger charge is 2.54. The number of esters is 1. The maximum absolute atomic E-state index is 13.3. The molecule has 156 valence electrons. The van der Waals surface area contributed by atoms with E-state index in [4.69, 9.17) is 9.26 Å². The molecule has 0 atom stereocenters. The largest absolute Gasteiger partial charge is 0.454 e. The van der Waals surface area contributed by atoms with Crippen LogP contribution in [-0.2, 0) is 26.0 Å². The van der Waals surface area contributed by atoms with Gasteiger partial charge in [0.15, 0.2) is 21.2 Å². The van der Waals surface area contributed by atoms with E-state index in [9.17, 15) is 13.2 Å². The van der Waals surface area contributed by atoms with E-state index >= 15 is 0 Å². The first-order valence-corrected chi connectivity index (χ1v) is 11.3. The van der Waals surface area contributed by atoms with Gasteiger partial charge in [0.05, 0.1) is 4.90 Å². The van der Waals surface area contributed by atoms with Gasteiger partial charge in [0, 0.05) is 5.56 Å². The Hall–Kier alpha value is -3.00. The second-order valence-corrected chi connectivity index (χ2v) is 9.73. The second kappa shape index (κ2) is 8.02. The van der Waals surface area contributed by atoms with Crippen LogP contribution in [-0.4, -0.2) is 29.3 Å². The fourth-order valence-electron chi connectivity index (χ4n) is 3.75. The molecule has 0 spiro atoms. The van der Waals surface area contributed by atoms with Crippen molar-refractivity contribution in [3.63, 3.8) is 0 Å². The average molecular weight is 426 g/mol. The van der Waals surface area contributed by atoms with E-state index in [2.05, 4.69) is 10.1 Å². The molecule has 1 aromatic heterocycles. The monoisotopic (exact) mass is 426 g/mol. The van der Waals surface area contributed by atoms with Gasteiger partial charge in [-0.1, -0.05) is 66.0 Å². The maximum Gasteiger partial charge on any atom is 0.328 e. The summed E-state index contributed by atoms with van der Waals surface area (Å²) in [7, 11) is -3.89. The molecule has 4 rings (SSSR count). The summed E-state index contributed by atoms with van der Waals surface area (Å²) in [5.74, 6) is -0.267. The smallest absolute Gasteiger partial charge is 0.328 e. The molecule has 0 saturated heterocycles. The zero-order valence-corrected chi connectivity index (χ0v) is 17.4. The molecule has 0 aliphatic heterocycles. The zero-order valence-electron chi connectivity index (χ0n) is 16.6. The van der Waals surface area contributed by atoms with E-state index in [0.717, 1.165) is 11.1 Å². The van der Waals surface area contributed by atoms with Crippen LogP contribution in [0.25, 0.3) is 11.4 Å². The van der Waals surface area contributed by atoms with Crippen LogP contribution in [0.2, 0.25) is 0 Å². The lowest BCUT2D eigenvalue weighted by Crippen LogP contribution is -2.45. The highest BCUT2D eigenvalue weighted by atomic mass is 32.2. The molecule has 1 aliphatic rings. The number of benzene rings is 2. The molecule has 7 nitrogen and oxygen atoms in total. The highest BCUT2D eigenvalue weighted by Crippen LogP contribution is 2.41. The first-order valence-electron chi connectivity index (χ1n) is 9.79. The number of carbonyl (C=O) groups is 1. The van der Waals surface area contributed by atoms with E-state index in [-0.39, 0.29) is 30.2 Å². The highest BCUT2D eigenvalue weighted by molar-refractivity contribution is 7.93. The van der Waals surface area contributed by atoms with Crippen molar-refractivity contribution in [3.8, 4) is 11.4 Å². The van der Waals surface area contributed by atoms with E-state index < -0.39 is 20.6 Å². The molecule has 30 heavy (non-hydrogen) atoms. The second-order valence-electron chi connectivity index (χ2n) is 7.47. The molecule has 0 unspecified atom stereocenters. The molecule has 2 aromatic carbocycles. The van der Waals surface area contributed by atoms with Crippen molar-refractivity contribution in [2.24, 2.45) is 0 Å². The lowest BCUT2D eigenvalue weighted by molar-refractivity contribution is -0.148. The maximum atomic E-state index is 13.3. The van der Waals surface area contributed by atoms with Crippen molar-refractivity contribution < 1.29 is 22.5 Å². The van der Waals surface area contributed by atoms with Crippen molar-refractivity contribution in [3.05, 3.63) is 66.1 Å². The van der Waals surface area contributed by atoms with Gasteiger partial charge in [-0.3, -0.25) is 4.79 Å². The summed E-state index contributed by atoms with van der Waals surface area (Å²) in [6.07, 6.45) is 1.78. The minimum absolute atomic E-state index is 0.115. The standard InChI is InChI=1S/C22H22N2O5S/c1-16-9-11-17(12-10-16)20-23-19(29-24-20)15-28-21(25)22(13-5-6-14-22)30(26,27)18-7-3-2-4-8-18/h2-4,7-12H,5-6,13-15H2,1H3. The Bertz CT molecular complexity index is 1130. The average Bonchev–Trinajstić information content (AvgIpc) is 3.44. The molecule has 8 heteroatoms. The van der Waals surface area contributed by atoms with Crippen LogP contribution < -0.4 is 0 Å². The van der Waals surface area contributed by atoms with E-state index in [1.54, 1.807) is 18.2 Å². The third kappa shape index (κ3) is 3.63. The van der Waals surface area contributed by atoms with E-state index in [1.807, 2.05) is 31.2 Å². The summed E-state index contributed by atoms with van der Waals surface area (Å²) >= 11 is 0. The van der Waals surface area contributed by atoms with Crippen LogP contribution in [0.1, 0.15) is 37.1 Å². The molecule has 1 saturated carbocycles. The van der Waals surface area contributed by atoms with Gasteiger partial charge >= 0.3 is 5.97 Å². The Balaban J connectivity index is 1.52. The fraction of sp³-hybridized carbons (Fsp3) is 0.318. The topological polar surface area (TPSA) is 99.4 Å². The lowest BCUT2D eigenvalue weighted by atomic mass is 10.1. The predicted molar refractivity (Wildman–Crippen MR) is 109 cm³/mol. The molecule has 1 heterocycles. The molecular weight excluding hydrogens is 404 g/mol. The number of sulfone groups is 1.